The molecule has 3 aliphatic heterocycles. The molecule has 7 atom stereocenters. The lowest BCUT2D eigenvalue weighted by atomic mass is 9.78. The molecule has 0 aliphatic carbocycles. The number of epoxide rings is 1. The van der Waals surface area contributed by atoms with Crippen LogP contribution >= 0.6 is 23.2 Å². The molecule has 0 saturated carbocycles. The van der Waals surface area contributed by atoms with Crippen LogP contribution in [0, 0.1) is 28.8 Å². The minimum atomic E-state index is -1.62. The van der Waals surface area contributed by atoms with E-state index in [9.17, 15) is 34.0 Å². The number of benzene rings is 2. The van der Waals surface area contributed by atoms with Gasteiger partial charge in [-0.2, -0.15) is 4.39 Å². The fourth-order valence-corrected chi connectivity index (χ4v) is 7.38. The van der Waals surface area contributed by atoms with Gasteiger partial charge in [-0.1, -0.05) is 60.0 Å². The first-order valence-corrected chi connectivity index (χ1v) is 17.3. The molecular weight excluding hydrogens is 724 g/mol. The maximum absolute atomic E-state index is 14.4. The van der Waals surface area contributed by atoms with Gasteiger partial charge in [0.2, 0.25) is 11.7 Å². The zero-order valence-corrected chi connectivity index (χ0v) is 30.9. The topological polar surface area (TPSA) is 170 Å². The highest BCUT2D eigenvalue weighted by molar-refractivity contribution is 6.34. The van der Waals surface area contributed by atoms with Crippen molar-refractivity contribution in [3.05, 3.63) is 85.2 Å². The standard InChI is InChI=1S/C36H40Cl2FN3O10/c1-18-8-7-9-28(49-6)36(46)16-27(50-31(44)17-36)20(3)33-35(4,52-33)29(15-30(43)41(5)26-12-21(10-18)11-19(2)32(26)38)51-34(45)40-24-14-23(39)25(42(47)48)13-22(24)37/h7-9,11-14,20,27-29,33,46H,10,15-17H2,1-6H3,(H,40,45)/b9-7+,18-8+/t20-,27+,28-,29+,33+,35+,36-/m1/s1. The molecule has 52 heavy (non-hydrogen) atoms. The minimum Gasteiger partial charge on any atom is -0.462 e. The fraction of sp³-hybridized carbons (Fsp3) is 0.472. The van der Waals surface area contributed by atoms with Crippen LogP contribution in [0.5, 0.6) is 0 Å². The number of ether oxygens (including phenoxy) is 4. The number of fused-ring (bicyclic) bond motifs is 5. The van der Waals surface area contributed by atoms with Gasteiger partial charge in [-0.25, -0.2) is 4.79 Å². The zero-order valence-electron chi connectivity index (χ0n) is 29.4. The van der Waals surface area contributed by atoms with Gasteiger partial charge in [-0.15, -0.1) is 0 Å². The number of nitrogens with one attached hydrogen (secondary N) is 1. The van der Waals surface area contributed by atoms with E-state index in [1.807, 2.05) is 26.0 Å². The normalized spacial score (nSPS) is 31.1. The van der Waals surface area contributed by atoms with Crippen LogP contribution in [0.1, 0.15) is 51.2 Å². The molecule has 2 amide bonds. The Labute approximate surface area is 309 Å². The van der Waals surface area contributed by atoms with Crippen molar-refractivity contribution >= 4 is 58.2 Å². The Balaban J connectivity index is 1.53. The van der Waals surface area contributed by atoms with Gasteiger partial charge < -0.3 is 29.0 Å². The number of carbonyl (C=O) groups is 3. The van der Waals surface area contributed by atoms with E-state index in [1.165, 1.54) is 12.0 Å². The van der Waals surface area contributed by atoms with E-state index in [-0.39, 0.29) is 23.6 Å². The van der Waals surface area contributed by atoms with Crippen LogP contribution in [0.3, 0.4) is 0 Å². The summed E-state index contributed by atoms with van der Waals surface area (Å²) in [4.78, 5) is 51.7. The van der Waals surface area contributed by atoms with Crippen molar-refractivity contribution in [3.8, 4) is 0 Å². The molecule has 0 spiro atoms. The van der Waals surface area contributed by atoms with E-state index < -0.39 is 82.4 Å². The molecule has 2 aromatic carbocycles. The third-order valence-electron chi connectivity index (χ3n) is 9.92. The number of amides is 2. The lowest BCUT2D eigenvalue weighted by Gasteiger charge is -2.41. The monoisotopic (exact) mass is 763 g/mol. The number of rotatable bonds is 4. The number of nitro benzene ring substituents is 1. The maximum Gasteiger partial charge on any atom is 0.412 e. The molecule has 0 aromatic heterocycles. The predicted molar refractivity (Wildman–Crippen MR) is 190 cm³/mol. The molecule has 280 valence electrons. The number of methoxy groups -OCH3 is 1. The van der Waals surface area contributed by atoms with E-state index in [2.05, 4.69) is 5.32 Å². The number of esters is 1. The van der Waals surface area contributed by atoms with Crippen LogP contribution in [-0.2, 0) is 35.0 Å². The minimum absolute atomic E-state index is 0.00286. The average Bonchev–Trinajstić information content (AvgIpc) is 3.76. The summed E-state index contributed by atoms with van der Waals surface area (Å²) in [7, 11) is 2.98. The zero-order chi connectivity index (χ0) is 38.3. The quantitative estimate of drug-likeness (QED) is 0.149. The highest BCUT2D eigenvalue weighted by Crippen LogP contribution is 2.49. The molecule has 13 nitrogen and oxygen atoms in total. The van der Waals surface area contributed by atoms with Crippen LogP contribution in [-0.4, -0.2) is 77.8 Å². The number of nitrogens with zero attached hydrogens (tertiary/aromatic N) is 2. The first-order chi connectivity index (χ1) is 24.4. The van der Waals surface area contributed by atoms with Crippen molar-refractivity contribution in [3.63, 3.8) is 0 Å². The SMILES string of the molecule is CO[C@@H]1/C=C/C=C(\C)Cc2cc(C)c(Cl)c(c2)N(C)C(=O)C[C@H](OC(=O)Nc2cc(F)c([N+](=O)[O-])cc2Cl)[C@]2(C)O[C@H]2[C@H](C)[C@@H]2C[C@@]1(O)CC(=O)O2. The van der Waals surface area contributed by atoms with Crippen molar-refractivity contribution in [2.75, 3.05) is 24.4 Å². The van der Waals surface area contributed by atoms with Crippen LogP contribution in [0.2, 0.25) is 10.0 Å². The highest BCUT2D eigenvalue weighted by atomic mass is 35.5. The summed E-state index contributed by atoms with van der Waals surface area (Å²) in [6.07, 6.45) is 0.236. The van der Waals surface area contributed by atoms with Crippen molar-refractivity contribution in [1.29, 1.82) is 0 Å². The van der Waals surface area contributed by atoms with E-state index in [4.69, 9.17) is 42.1 Å². The number of aryl methyl sites for hydroxylation is 1. The van der Waals surface area contributed by atoms with Gasteiger partial charge in [0.1, 0.15) is 29.5 Å². The molecule has 2 N–H and O–H groups in total. The van der Waals surface area contributed by atoms with Gasteiger partial charge in [-0.05, 0) is 44.4 Å². The summed E-state index contributed by atoms with van der Waals surface area (Å²) in [6, 6.07) is 5.14. The Morgan fingerprint density at radius 1 is 1.21 bits per heavy atom. The molecule has 3 heterocycles. The predicted octanol–water partition coefficient (Wildman–Crippen LogP) is 6.62. The third kappa shape index (κ3) is 8.11. The summed E-state index contributed by atoms with van der Waals surface area (Å²) in [5, 5.41) is 25.2. The maximum atomic E-state index is 14.4. The first-order valence-electron chi connectivity index (χ1n) is 16.5. The number of aliphatic hydroxyl groups is 1. The second-order valence-corrected chi connectivity index (χ2v) is 14.6. The lowest BCUT2D eigenvalue weighted by molar-refractivity contribution is -0.387. The fourth-order valence-electron chi connectivity index (χ4n) is 6.94. The van der Waals surface area contributed by atoms with Gasteiger partial charge in [0.05, 0.1) is 45.3 Å². The van der Waals surface area contributed by atoms with E-state index in [1.54, 1.807) is 39.1 Å². The van der Waals surface area contributed by atoms with E-state index >= 15 is 0 Å². The Morgan fingerprint density at radius 2 is 1.92 bits per heavy atom. The second kappa shape index (κ2) is 15.1. The molecule has 0 radical (unpaired) electrons. The number of hydrogen-bond acceptors (Lipinski definition) is 10. The number of hydrogen-bond donors (Lipinski definition) is 2. The van der Waals surface area contributed by atoms with Crippen LogP contribution in [0.15, 0.2) is 48.1 Å². The van der Waals surface area contributed by atoms with Gasteiger partial charge >= 0.3 is 17.7 Å². The third-order valence-corrected chi connectivity index (χ3v) is 10.7. The summed E-state index contributed by atoms with van der Waals surface area (Å²) in [5.74, 6) is -2.94. The molecule has 2 fully saturated rings. The lowest BCUT2D eigenvalue weighted by Crippen LogP contribution is -2.53. The number of nitro groups is 1. The Bertz CT molecular complexity index is 1860. The summed E-state index contributed by atoms with van der Waals surface area (Å²) in [6.45, 7) is 7.13. The highest BCUT2D eigenvalue weighted by Gasteiger charge is 2.64. The largest absolute Gasteiger partial charge is 0.462 e. The molecule has 2 aromatic rings. The van der Waals surface area contributed by atoms with E-state index in [0.717, 1.165) is 22.8 Å². The number of carbonyl (C=O) groups excluding carboxylic acids is 3. The van der Waals surface area contributed by atoms with Crippen LogP contribution < -0.4 is 10.2 Å². The molecule has 2 saturated heterocycles. The van der Waals surface area contributed by atoms with Crippen molar-refractivity contribution in [2.45, 2.75) is 89.0 Å². The van der Waals surface area contributed by atoms with Gasteiger partial charge in [0, 0.05) is 38.6 Å². The second-order valence-electron chi connectivity index (χ2n) is 13.8. The van der Waals surface area contributed by atoms with Crippen molar-refractivity contribution in [1.82, 2.24) is 0 Å². The first kappa shape index (κ1) is 39.1. The Hall–Kier alpha value is -4.08. The number of halogens is 3. The average molecular weight is 765 g/mol. The van der Waals surface area contributed by atoms with Crippen LogP contribution in [0.4, 0.5) is 26.2 Å². The summed E-state index contributed by atoms with van der Waals surface area (Å²) in [5.41, 5.74) is -1.16. The summed E-state index contributed by atoms with van der Waals surface area (Å²) < 4.78 is 37.7. The van der Waals surface area contributed by atoms with Crippen LogP contribution in [0.25, 0.3) is 0 Å². The van der Waals surface area contributed by atoms with Crippen molar-refractivity contribution in [2.24, 2.45) is 5.92 Å². The van der Waals surface area contributed by atoms with Crippen molar-refractivity contribution < 1.29 is 47.8 Å². The number of allylic oxidation sites excluding steroid dienone is 3. The molecule has 4 bridgehead atoms. The summed E-state index contributed by atoms with van der Waals surface area (Å²) >= 11 is 12.8. The van der Waals surface area contributed by atoms with Gasteiger partial charge in [-0.3, -0.25) is 25.0 Å². The smallest absolute Gasteiger partial charge is 0.412 e. The Kier molecular flexibility index (Phi) is 11.4. The molecular formula is C36H40Cl2FN3O10. The van der Waals surface area contributed by atoms with Gasteiger partial charge in [0.25, 0.3) is 0 Å². The molecule has 3 aliphatic rings. The molecule has 0 unspecified atom stereocenters. The molecule has 5 rings (SSSR count). The molecule has 16 heteroatoms. The van der Waals surface area contributed by atoms with Gasteiger partial charge in [0.15, 0.2) is 0 Å². The Morgan fingerprint density at radius 3 is 2.60 bits per heavy atom. The number of anilines is 2. The van der Waals surface area contributed by atoms with E-state index in [0.29, 0.717) is 23.2 Å².